The Morgan fingerprint density at radius 1 is 1.14 bits per heavy atom. The van der Waals surface area contributed by atoms with E-state index in [9.17, 15) is 4.79 Å². The molecule has 0 aliphatic carbocycles. The van der Waals surface area contributed by atoms with Crippen molar-refractivity contribution in [1.82, 2.24) is 4.57 Å². The van der Waals surface area contributed by atoms with E-state index in [1.165, 1.54) is 11.6 Å². The lowest BCUT2D eigenvalue weighted by molar-refractivity contribution is 0.0976. The van der Waals surface area contributed by atoms with Crippen LogP contribution >= 0.6 is 11.6 Å². The van der Waals surface area contributed by atoms with Crippen molar-refractivity contribution in [2.75, 3.05) is 0 Å². The van der Waals surface area contributed by atoms with Crippen molar-refractivity contribution in [3.63, 3.8) is 0 Å². The van der Waals surface area contributed by atoms with Crippen LogP contribution in [-0.4, -0.2) is 10.5 Å². The van der Waals surface area contributed by atoms with Crippen LogP contribution in [0.25, 0.3) is 22.2 Å². The summed E-state index contributed by atoms with van der Waals surface area (Å²) >= 11 is 6.05. The Hall–Kier alpha value is -2.32. The topological polar surface area (TPSA) is 22.0 Å². The van der Waals surface area contributed by atoms with Crippen molar-refractivity contribution < 1.29 is 4.79 Å². The molecule has 3 heteroatoms. The Kier molecular flexibility index (Phi) is 3.40. The third kappa shape index (κ3) is 2.39. The third-order valence-corrected chi connectivity index (χ3v) is 3.74. The molecule has 1 aromatic heterocycles. The lowest BCUT2D eigenvalue weighted by atomic mass is 10.1. The summed E-state index contributed by atoms with van der Waals surface area (Å²) in [6, 6.07) is 15.6. The fourth-order valence-electron chi connectivity index (χ4n) is 2.45. The van der Waals surface area contributed by atoms with Gasteiger partial charge in [0.2, 0.25) is 0 Å². The predicted molar refractivity (Wildman–Crippen MR) is 87.9 cm³/mol. The number of carbonyl (C=O) groups is 1. The smallest absolute Gasteiger partial charge is 0.254 e. The lowest BCUT2D eigenvalue weighted by Crippen LogP contribution is -2.08. The Morgan fingerprint density at radius 2 is 1.86 bits per heavy atom. The molecular formula is C18H14ClNO. The number of hydrogen-bond acceptors (Lipinski definition) is 1. The maximum absolute atomic E-state index is 12.2. The van der Waals surface area contributed by atoms with Gasteiger partial charge in [-0.15, -0.1) is 0 Å². The van der Waals surface area contributed by atoms with Gasteiger partial charge in [-0.3, -0.25) is 9.36 Å². The molecule has 21 heavy (non-hydrogen) atoms. The normalized spacial score (nSPS) is 10.8. The van der Waals surface area contributed by atoms with Crippen LogP contribution in [0.2, 0.25) is 5.02 Å². The largest absolute Gasteiger partial charge is 0.276 e. The average Bonchev–Trinajstić information content (AvgIpc) is 2.85. The van der Waals surface area contributed by atoms with E-state index < -0.39 is 0 Å². The predicted octanol–water partition coefficient (Wildman–Crippen LogP) is 5.10. The van der Waals surface area contributed by atoms with Gasteiger partial charge >= 0.3 is 0 Å². The Bertz CT molecular complexity index is 844. The maximum Gasteiger partial charge on any atom is 0.254 e. The van der Waals surface area contributed by atoms with E-state index in [0.717, 1.165) is 22.2 Å². The fraction of sp³-hybridized carbons (Fsp3) is 0.0556. The summed E-state index contributed by atoms with van der Waals surface area (Å²) in [5, 5.41) is 1.59. The van der Waals surface area contributed by atoms with Gasteiger partial charge < -0.3 is 0 Å². The van der Waals surface area contributed by atoms with Crippen LogP contribution in [0.4, 0.5) is 0 Å². The fourth-order valence-corrected chi connectivity index (χ4v) is 2.63. The minimum Gasteiger partial charge on any atom is -0.276 e. The third-order valence-electron chi connectivity index (χ3n) is 3.51. The number of halogens is 1. The van der Waals surface area contributed by atoms with E-state index in [1.54, 1.807) is 10.6 Å². The molecule has 0 spiro atoms. The van der Waals surface area contributed by atoms with E-state index in [2.05, 4.69) is 6.58 Å². The first-order chi connectivity index (χ1) is 10.1. The molecule has 0 aliphatic rings. The molecule has 0 saturated heterocycles. The number of nitrogens with zero attached hydrogens (tertiary/aromatic N) is 1. The van der Waals surface area contributed by atoms with E-state index >= 15 is 0 Å². The van der Waals surface area contributed by atoms with Crippen molar-refractivity contribution in [2.24, 2.45) is 0 Å². The SMILES string of the molecule is C=CC(=O)n1c(-c2ccc(C)cc2)cc2cc(Cl)ccc21. The molecule has 0 bridgehead atoms. The van der Waals surface area contributed by atoms with Crippen LogP contribution in [0.3, 0.4) is 0 Å². The number of aromatic nitrogens is 1. The molecule has 104 valence electrons. The Labute approximate surface area is 128 Å². The number of benzene rings is 2. The standard InChI is InChI=1S/C18H14ClNO/c1-3-18(21)20-16-9-8-15(19)10-14(16)11-17(20)13-6-4-12(2)5-7-13/h3-11H,1H2,2H3. The van der Waals surface area contributed by atoms with E-state index in [-0.39, 0.29) is 5.91 Å². The minimum absolute atomic E-state index is 0.150. The molecule has 3 rings (SSSR count). The summed E-state index contributed by atoms with van der Waals surface area (Å²) < 4.78 is 1.67. The van der Waals surface area contributed by atoms with Crippen LogP contribution in [0.1, 0.15) is 10.4 Å². The molecular weight excluding hydrogens is 282 g/mol. The molecule has 0 aliphatic heterocycles. The lowest BCUT2D eigenvalue weighted by Gasteiger charge is -2.07. The Morgan fingerprint density at radius 3 is 2.52 bits per heavy atom. The van der Waals surface area contributed by atoms with Gasteiger partial charge in [-0.2, -0.15) is 0 Å². The summed E-state index contributed by atoms with van der Waals surface area (Å²) in [5.74, 6) is -0.150. The molecule has 0 atom stereocenters. The first-order valence-electron chi connectivity index (χ1n) is 6.65. The minimum atomic E-state index is -0.150. The summed E-state index contributed by atoms with van der Waals surface area (Å²) in [4.78, 5) is 12.2. The molecule has 0 radical (unpaired) electrons. The van der Waals surface area contributed by atoms with Gasteiger partial charge in [-0.25, -0.2) is 0 Å². The van der Waals surface area contributed by atoms with Gasteiger partial charge in [0.05, 0.1) is 11.2 Å². The zero-order chi connectivity index (χ0) is 15.0. The first kappa shape index (κ1) is 13.7. The second kappa shape index (κ2) is 5.23. The van der Waals surface area contributed by atoms with Gasteiger partial charge in [0.15, 0.2) is 0 Å². The second-order valence-electron chi connectivity index (χ2n) is 4.98. The molecule has 0 fully saturated rings. The summed E-state index contributed by atoms with van der Waals surface area (Å²) in [6.45, 7) is 5.63. The second-order valence-corrected chi connectivity index (χ2v) is 5.41. The highest BCUT2D eigenvalue weighted by Crippen LogP contribution is 2.30. The van der Waals surface area contributed by atoms with Crippen molar-refractivity contribution >= 4 is 28.4 Å². The molecule has 1 heterocycles. The number of carbonyl (C=O) groups excluding carboxylic acids is 1. The summed E-state index contributed by atoms with van der Waals surface area (Å²) in [5.41, 5.74) is 3.85. The highest BCUT2D eigenvalue weighted by atomic mass is 35.5. The number of allylic oxidation sites excluding steroid dienone is 1. The van der Waals surface area contributed by atoms with Crippen molar-refractivity contribution in [2.45, 2.75) is 6.92 Å². The summed E-state index contributed by atoms with van der Waals surface area (Å²) in [7, 11) is 0. The molecule has 0 unspecified atom stereocenters. The van der Waals surface area contributed by atoms with Gasteiger partial charge in [0.25, 0.3) is 5.91 Å². The van der Waals surface area contributed by atoms with Crippen LogP contribution in [-0.2, 0) is 0 Å². The van der Waals surface area contributed by atoms with E-state index in [4.69, 9.17) is 11.6 Å². The Balaban J connectivity index is 2.32. The van der Waals surface area contributed by atoms with E-state index in [0.29, 0.717) is 5.02 Å². The monoisotopic (exact) mass is 295 g/mol. The average molecular weight is 296 g/mol. The molecule has 3 aromatic rings. The van der Waals surface area contributed by atoms with Gasteiger partial charge in [0.1, 0.15) is 0 Å². The highest BCUT2D eigenvalue weighted by Gasteiger charge is 2.14. The van der Waals surface area contributed by atoms with Crippen LogP contribution in [0.15, 0.2) is 61.2 Å². The molecule has 0 amide bonds. The zero-order valence-corrected chi connectivity index (χ0v) is 12.4. The number of rotatable bonds is 2. The highest BCUT2D eigenvalue weighted by molar-refractivity contribution is 6.31. The van der Waals surface area contributed by atoms with E-state index in [1.807, 2.05) is 49.4 Å². The molecule has 0 saturated carbocycles. The molecule has 0 N–H and O–H groups in total. The quantitative estimate of drug-likeness (QED) is 0.603. The van der Waals surface area contributed by atoms with Crippen LogP contribution in [0.5, 0.6) is 0 Å². The number of fused-ring (bicyclic) bond motifs is 1. The molecule has 2 nitrogen and oxygen atoms in total. The van der Waals surface area contributed by atoms with Crippen LogP contribution in [0, 0.1) is 6.92 Å². The molecule has 2 aromatic carbocycles. The van der Waals surface area contributed by atoms with Gasteiger partial charge in [-0.1, -0.05) is 48.0 Å². The summed E-state index contributed by atoms with van der Waals surface area (Å²) in [6.07, 6.45) is 1.33. The number of hydrogen-bond donors (Lipinski definition) is 0. The van der Waals surface area contributed by atoms with Gasteiger partial charge in [0, 0.05) is 10.4 Å². The zero-order valence-electron chi connectivity index (χ0n) is 11.6. The van der Waals surface area contributed by atoms with Gasteiger partial charge in [-0.05, 0) is 42.8 Å². The number of aryl methyl sites for hydroxylation is 1. The maximum atomic E-state index is 12.2. The van der Waals surface area contributed by atoms with Crippen LogP contribution < -0.4 is 0 Å². The van der Waals surface area contributed by atoms with Crippen molar-refractivity contribution in [3.05, 3.63) is 71.8 Å². The van der Waals surface area contributed by atoms with Crippen molar-refractivity contribution in [3.8, 4) is 11.3 Å². The van der Waals surface area contributed by atoms with Crippen molar-refractivity contribution in [1.29, 1.82) is 0 Å². The first-order valence-corrected chi connectivity index (χ1v) is 7.03.